The standard InChI is InChI=1S/C20H22N2O6S/c1-11(18(25)22-19-13(17(21)24)7-8-29-19)27-15(23)10-26-14-6-4-5-12-9-20(2,3)28-16(12)14/h4-8,11H,9-10H2,1-3H3,(H2,21,24)(H,22,25). The van der Waals surface area contributed by atoms with Gasteiger partial charge in [-0.05, 0) is 38.3 Å². The van der Waals surface area contributed by atoms with Gasteiger partial charge in [0.05, 0.1) is 5.56 Å². The van der Waals surface area contributed by atoms with E-state index in [1.54, 1.807) is 11.4 Å². The number of hydrogen-bond donors (Lipinski definition) is 2. The molecule has 0 spiro atoms. The fourth-order valence-corrected chi connectivity index (χ4v) is 3.73. The molecule has 3 N–H and O–H groups in total. The van der Waals surface area contributed by atoms with Crippen molar-refractivity contribution in [2.24, 2.45) is 5.73 Å². The summed E-state index contributed by atoms with van der Waals surface area (Å²) in [6.07, 6.45) is -0.331. The maximum absolute atomic E-state index is 12.2. The lowest BCUT2D eigenvalue weighted by molar-refractivity contribution is -0.155. The summed E-state index contributed by atoms with van der Waals surface area (Å²) >= 11 is 1.15. The number of nitrogens with two attached hydrogens (primary N) is 1. The Balaban J connectivity index is 1.54. The number of para-hydroxylation sites is 1. The molecule has 0 bridgehead atoms. The van der Waals surface area contributed by atoms with Crippen LogP contribution in [0.25, 0.3) is 0 Å². The van der Waals surface area contributed by atoms with Crippen LogP contribution < -0.4 is 20.5 Å². The van der Waals surface area contributed by atoms with Gasteiger partial charge in [-0.2, -0.15) is 0 Å². The number of nitrogens with one attached hydrogen (secondary N) is 1. The van der Waals surface area contributed by atoms with Crippen molar-refractivity contribution in [3.63, 3.8) is 0 Å². The molecule has 1 atom stereocenters. The smallest absolute Gasteiger partial charge is 0.344 e. The fraction of sp³-hybridized carbons (Fsp3) is 0.350. The average Bonchev–Trinajstić information content (AvgIpc) is 3.22. The second kappa shape index (κ2) is 8.12. The Bertz CT molecular complexity index is 952. The number of primary amides is 1. The molecule has 1 unspecified atom stereocenters. The van der Waals surface area contributed by atoms with Crippen molar-refractivity contribution in [2.75, 3.05) is 11.9 Å². The third-order valence-electron chi connectivity index (χ3n) is 4.25. The monoisotopic (exact) mass is 418 g/mol. The Kier molecular flexibility index (Phi) is 5.78. The molecule has 9 heteroatoms. The topological polar surface area (TPSA) is 117 Å². The Morgan fingerprint density at radius 2 is 2.07 bits per heavy atom. The van der Waals surface area contributed by atoms with E-state index in [0.717, 1.165) is 23.3 Å². The van der Waals surface area contributed by atoms with Crippen LogP contribution in [0.5, 0.6) is 11.5 Å². The molecule has 0 radical (unpaired) electrons. The lowest BCUT2D eigenvalue weighted by Crippen LogP contribution is -2.32. The number of anilines is 1. The van der Waals surface area contributed by atoms with Crippen LogP contribution in [0.2, 0.25) is 0 Å². The SMILES string of the molecule is CC(OC(=O)COc1cccc2c1OC(C)(C)C2)C(=O)Nc1sccc1C(N)=O. The predicted molar refractivity (Wildman–Crippen MR) is 107 cm³/mol. The van der Waals surface area contributed by atoms with E-state index in [-0.39, 0.29) is 17.8 Å². The third kappa shape index (κ3) is 4.86. The minimum atomic E-state index is -1.08. The molecule has 1 aromatic heterocycles. The first-order chi connectivity index (χ1) is 13.7. The van der Waals surface area contributed by atoms with Crippen LogP contribution in [0, 0.1) is 0 Å². The molecule has 1 aromatic carbocycles. The predicted octanol–water partition coefficient (Wildman–Crippen LogP) is 2.51. The van der Waals surface area contributed by atoms with Gasteiger partial charge in [0.2, 0.25) is 0 Å². The minimum absolute atomic E-state index is 0.200. The Morgan fingerprint density at radius 1 is 1.31 bits per heavy atom. The zero-order valence-electron chi connectivity index (χ0n) is 16.3. The molecule has 0 fully saturated rings. The number of carbonyl (C=O) groups is 3. The molecule has 2 heterocycles. The fourth-order valence-electron chi connectivity index (χ4n) is 2.94. The molecule has 3 rings (SSSR count). The van der Waals surface area contributed by atoms with E-state index in [9.17, 15) is 14.4 Å². The molecule has 8 nitrogen and oxygen atoms in total. The Labute approximate surface area is 171 Å². The summed E-state index contributed by atoms with van der Waals surface area (Å²) in [6.45, 7) is 5.01. The summed E-state index contributed by atoms with van der Waals surface area (Å²) in [7, 11) is 0. The van der Waals surface area contributed by atoms with Crippen molar-refractivity contribution in [3.8, 4) is 11.5 Å². The lowest BCUT2D eigenvalue weighted by atomic mass is 10.0. The van der Waals surface area contributed by atoms with Crippen LogP contribution in [0.15, 0.2) is 29.6 Å². The summed E-state index contributed by atoms with van der Waals surface area (Å²) in [6, 6.07) is 7.00. The van der Waals surface area contributed by atoms with Gasteiger partial charge in [0.1, 0.15) is 10.6 Å². The number of amides is 2. The maximum Gasteiger partial charge on any atom is 0.344 e. The molecule has 0 aliphatic carbocycles. The molecular weight excluding hydrogens is 396 g/mol. The molecule has 29 heavy (non-hydrogen) atoms. The average molecular weight is 418 g/mol. The van der Waals surface area contributed by atoms with Crippen LogP contribution in [0.1, 0.15) is 36.7 Å². The van der Waals surface area contributed by atoms with E-state index in [1.807, 2.05) is 26.0 Å². The summed E-state index contributed by atoms with van der Waals surface area (Å²) in [5, 5.41) is 4.47. The van der Waals surface area contributed by atoms with Gasteiger partial charge >= 0.3 is 5.97 Å². The number of benzene rings is 1. The van der Waals surface area contributed by atoms with Gasteiger partial charge in [0.15, 0.2) is 24.2 Å². The van der Waals surface area contributed by atoms with Gasteiger partial charge in [-0.1, -0.05) is 12.1 Å². The van der Waals surface area contributed by atoms with E-state index in [4.69, 9.17) is 19.9 Å². The highest BCUT2D eigenvalue weighted by Crippen LogP contribution is 2.41. The molecule has 154 valence electrons. The molecule has 1 aliphatic rings. The third-order valence-corrected chi connectivity index (χ3v) is 5.08. The highest BCUT2D eigenvalue weighted by atomic mass is 32.1. The molecular formula is C20H22N2O6S. The molecule has 2 amide bonds. The molecule has 0 saturated carbocycles. The number of carbonyl (C=O) groups excluding carboxylic acids is 3. The van der Waals surface area contributed by atoms with Gasteiger partial charge in [0.25, 0.3) is 11.8 Å². The summed E-state index contributed by atoms with van der Waals surface area (Å²) in [5.41, 5.74) is 6.12. The van der Waals surface area contributed by atoms with E-state index in [2.05, 4.69) is 5.32 Å². The Morgan fingerprint density at radius 3 is 2.79 bits per heavy atom. The summed E-state index contributed by atoms with van der Waals surface area (Å²) in [5.74, 6) is -0.863. The number of thiophene rings is 1. The van der Waals surface area contributed by atoms with Crippen molar-refractivity contribution in [2.45, 2.75) is 38.9 Å². The first-order valence-corrected chi connectivity index (χ1v) is 9.85. The van der Waals surface area contributed by atoms with Crippen molar-refractivity contribution >= 4 is 34.1 Å². The van der Waals surface area contributed by atoms with Crippen LogP contribution in [0.4, 0.5) is 5.00 Å². The maximum atomic E-state index is 12.2. The molecule has 0 saturated heterocycles. The van der Waals surface area contributed by atoms with Gasteiger partial charge in [-0.15, -0.1) is 11.3 Å². The van der Waals surface area contributed by atoms with Crippen LogP contribution in [-0.2, 0) is 20.7 Å². The first-order valence-electron chi connectivity index (χ1n) is 8.97. The normalized spacial score (nSPS) is 15.0. The summed E-state index contributed by atoms with van der Waals surface area (Å²) in [4.78, 5) is 35.6. The quantitative estimate of drug-likeness (QED) is 0.667. The number of esters is 1. The minimum Gasteiger partial charge on any atom is -0.483 e. The molecule has 2 aromatic rings. The van der Waals surface area contributed by atoms with E-state index in [1.165, 1.54) is 13.0 Å². The zero-order chi connectivity index (χ0) is 21.2. The van der Waals surface area contributed by atoms with Gasteiger partial charge in [0, 0.05) is 12.0 Å². The second-order valence-corrected chi connectivity index (χ2v) is 8.14. The Hall–Kier alpha value is -3.07. The van der Waals surface area contributed by atoms with E-state index >= 15 is 0 Å². The van der Waals surface area contributed by atoms with Crippen molar-refractivity contribution in [3.05, 3.63) is 40.8 Å². The number of ether oxygens (including phenoxy) is 3. The highest BCUT2D eigenvalue weighted by molar-refractivity contribution is 7.14. The number of rotatable bonds is 7. The van der Waals surface area contributed by atoms with E-state index in [0.29, 0.717) is 16.5 Å². The first kappa shape index (κ1) is 20.7. The van der Waals surface area contributed by atoms with E-state index < -0.39 is 23.9 Å². The van der Waals surface area contributed by atoms with Crippen LogP contribution in [-0.4, -0.2) is 36.1 Å². The summed E-state index contributed by atoms with van der Waals surface area (Å²) < 4.78 is 16.6. The lowest BCUT2D eigenvalue weighted by Gasteiger charge is -2.18. The largest absolute Gasteiger partial charge is 0.483 e. The zero-order valence-corrected chi connectivity index (χ0v) is 17.1. The van der Waals surface area contributed by atoms with Crippen molar-refractivity contribution in [1.29, 1.82) is 0 Å². The number of hydrogen-bond acceptors (Lipinski definition) is 7. The number of fused-ring (bicyclic) bond motifs is 1. The second-order valence-electron chi connectivity index (χ2n) is 7.22. The van der Waals surface area contributed by atoms with Crippen molar-refractivity contribution in [1.82, 2.24) is 0 Å². The van der Waals surface area contributed by atoms with Gasteiger partial charge in [-0.3, -0.25) is 9.59 Å². The van der Waals surface area contributed by atoms with Crippen LogP contribution in [0.3, 0.4) is 0 Å². The van der Waals surface area contributed by atoms with Crippen molar-refractivity contribution < 1.29 is 28.6 Å². The van der Waals surface area contributed by atoms with Crippen LogP contribution >= 0.6 is 11.3 Å². The molecule has 1 aliphatic heterocycles. The highest BCUT2D eigenvalue weighted by Gasteiger charge is 2.32. The van der Waals surface area contributed by atoms with Gasteiger partial charge in [-0.25, -0.2) is 4.79 Å². The van der Waals surface area contributed by atoms with Gasteiger partial charge < -0.3 is 25.3 Å².